The number of nitrogens with one attached hydrogen (secondary N) is 1. The standard InChI is InChI=1S/C29H30N8O18S6/c1-31-28-25(36-32-18-2-7-21(8-3-18)58(40,41)14-12-50-57-55-53-39)17-24(35-34-23-16-20(56-54-52-38)6-11-26(23)60(44,45)46)27(30)29(28)37-33-19-4-9-22(10-5-19)59(42,43)15-13-51-61(47,48)49/h2-11,16-17,31,38-39H,12-15,30H2,1H3,(H,44,45,46)(H,47,48,49). The first-order chi connectivity index (χ1) is 28.8. The minimum atomic E-state index is -4.87. The van der Waals surface area contributed by atoms with Crippen molar-refractivity contribution in [3.05, 3.63) is 72.8 Å². The van der Waals surface area contributed by atoms with E-state index in [4.69, 9.17) is 25.0 Å². The highest BCUT2D eigenvalue weighted by Gasteiger charge is 2.21. The van der Waals surface area contributed by atoms with Gasteiger partial charge in [-0.15, -0.1) is 29.1 Å². The molecule has 4 aromatic rings. The van der Waals surface area contributed by atoms with E-state index in [1.807, 2.05) is 0 Å². The second kappa shape index (κ2) is 21.9. The van der Waals surface area contributed by atoms with Crippen LogP contribution in [0.25, 0.3) is 0 Å². The summed E-state index contributed by atoms with van der Waals surface area (Å²) in [4.78, 5) is -0.884. The highest BCUT2D eigenvalue weighted by molar-refractivity contribution is 7.94. The molecular weight excluding hydrogens is 941 g/mol. The number of hydrogen-bond donors (Lipinski definition) is 6. The highest BCUT2D eigenvalue weighted by Crippen LogP contribution is 2.47. The largest absolute Gasteiger partial charge is 0.397 e. The third kappa shape index (κ3) is 14.8. The van der Waals surface area contributed by atoms with E-state index in [1.165, 1.54) is 55.6 Å². The molecule has 0 aliphatic heterocycles. The molecule has 0 atom stereocenters. The van der Waals surface area contributed by atoms with Crippen LogP contribution in [0, 0.1) is 0 Å². The van der Waals surface area contributed by atoms with Gasteiger partial charge in [-0.2, -0.15) is 27.1 Å². The maximum Gasteiger partial charge on any atom is 0.397 e. The van der Waals surface area contributed by atoms with Crippen molar-refractivity contribution in [2.75, 3.05) is 42.8 Å². The van der Waals surface area contributed by atoms with Crippen LogP contribution in [-0.2, 0) is 67.3 Å². The lowest BCUT2D eigenvalue weighted by Gasteiger charge is -2.12. The number of anilines is 2. The summed E-state index contributed by atoms with van der Waals surface area (Å²) in [6.45, 7) is -1.17. The number of nitrogens with zero attached hydrogens (tertiary/aromatic N) is 6. The molecule has 0 spiro atoms. The smallest absolute Gasteiger partial charge is 0.395 e. The Kier molecular flexibility index (Phi) is 17.6. The molecule has 330 valence electrons. The topological polar surface area (TPSA) is 385 Å². The molecule has 0 heterocycles. The molecule has 0 unspecified atom stereocenters. The SMILES string of the molecule is CNc1c(N=Nc2ccc(S(=O)(=O)CCOSOOO)cc2)cc(N=Nc2cc(SOOO)ccc2S(=O)(=O)O)c(N)c1N=Nc1ccc(S(=O)(=O)CCOS(=O)(=O)O)cc1. The Morgan fingerprint density at radius 2 is 1.20 bits per heavy atom. The second-order valence-electron chi connectivity index (χ2n) is 11.1. The van der Waals surface area contributed by atoms with Crippen molar-refractivity contribution >= 4 is 110 Å². The zero-order valence-corrected chi connectivity index (χ0v) is 35.4. The maximum atomic E-state index is 12.7. The first-order valence-electron chi connectivity index (χ1n) is 16.0. The lowest BCUT2D eigenvalue weighted by atomic mass is 10.1. The Morgan fingerprint density at radius 3 is 1.74 bits per heavy atom. The molecule has 0 saturated heterocycles. The molecule has 4 rings (SSSR count). The van der Waals surface area contributed by atoms with Gasteiger partial charge >= 0.3 is 10.4 Å². The minimum absolute atomic E-state index is 0.0265. The van der Waals surface area contributed by atoms with Crippen LogP contribution in [0.2, 0.25) is 0 Å². The maximum absolute atomic E-state index is 12.7. The normalized spacial score (nSPS) is 12.9. The number of sulfone groups is 2. The van der Waals surface area contributed by atoms with Crippen LogP contribution in [-0.4, -0.2) is 85.1 Å². The van der Waals surface area contributed by atoms with Crippen molar-refractivity contribution in [2.45, 2.75) is 19.6 Å². The predicted octanol–water partition coefficient (Wildman–Crippen LogP) is 6.60. The molecule has 0 aliphatic rings. The zero-order valence-electron chi connectivity index (χ0n) is 30.5. The third-order valence-electron chi connectivity index (χ3n) is 7.24. The van der Waals surface area contributed by atoms with E-state index in [0.29, 0.717) is 12.0 Å². The van der Waals surface area contributed by atoms with E-state index in [9.17, 15) is 38.2 Å². The number of nitrogens with two attached hydrogens (primary N) is 1. The zero-order chi connectivity index (χ0) is 44.8. The van der Waals surface area contributed by atoms with Crippen molar-refractivity contribution in [2.24, 2.45) is 30.7 Å². The summed E-state index contributed by atoms with van der Waals surface area (Å²) in [6, 6.07) is 14.5. The van der Waals surface area contributed by atoms with Crippen LogP contribution in [0.1, 0.15) is 0 Å². The molecule has 61 heavy (non-hydrogen) atoms. The molecule has 32 heteroatoms. The van der Waals surface area contributed by atoms with E-state index >= 15 is 0 Å². The molecule has 0 amide bonds. The van der Waals surface area contributed by atoms with Crippen molar-refractivity contribution < 1.29 is 80.4 Å². The van der Waals surface area contributed by atoms with Gasteiger partial charge in [0.05, 0.1) is 69.3 Å². The van der Waals surface area contributed by atoms with Crippen molar-refractivity contribution in [1.82, 2.24) is 0 Å². The van der Waals surface area contributed by atoms with Crippen molar-refractivity contribution in [1.29, 1.82) is 0 Å². The molecule has 0 radical (unpaired) electrons. The molecule has 0 aliphatic carbocycles. The monoisotopic (exact) mass is 970 g/mol. The highest BCUT2D eigenvalue weighted by atomic mass is 32.3. The van der Waals surface area contributed by atoms with E-state index < -0.39 is 68.9 Å². The van der Waals surface area contributed by atoms with Crippen molar-refractivity contribution in [3.63, 3.8) is 0 Å². The Morgan fingerprint density at radius 1 is 0.656 bits per heavy atom. The van der Waals surface area contributed by atoms with Gasteiger partial charge in [0.25, 0.3) is 10.1 Å². The Bertz CT molecular complexity index is 2710. The summed E-state index contributed by atoms with van der Waals surface area (Å²) in [5.41, 5.74) is 5.76. The molecule has 26 nitrogen and oxygen atoms in total. The van der Waals surface area contributed by atoms with Crippen LogP contribution in [0.3, 0.4) is 0 Å². The average molecular weight is 971 g/mol. The summed E-state index contributed by atoms with van der Waals surface area (Å²) >= 11 is 0.664. The molecule has 0 bridgehead atoms. The van der Waals surface area contributed by atoms with Gasteiger partial charge in [0.15, 0.2) is 32.0 Å². The first-order valence-corrected chi connectivity index (χ1v) is 23.5. The van der Waals surface area contributed by atoms with Gasteiger partial charge in [0, 0.05) is 11.9 Å². The molecule has 0 aromatic heterocycles. The lowest BCUT2D eigenvalue weighted by molar-refractivity contribution is -0.434. The Hall–Kier alpha value is -4.62. The van der Waals surface area contributed by atoms with E-state index in [-0.39, 0.29) is 73.4 Å². The van der Waals surface area contributed by atoms with Gasteiger partial charge in [-0.1, -0.05) is 10.1 Å². The molecule has 7 N–H and O–H groups in total. The molecule has 0 fully saturated rings. The molecule has 4 aromatic carbocycles. The van der Waals surface area contributed by atoms with Crippen LogP contribution in [0.4, 0.5) is 45.5 Å². The summed E-state index contributed by atoms with van der Waals surface area (Å²) in [5, 5.41) is 51.1. The number of hydrogen-bond acceptors (Lipinski definition) is 26. The van der Waals surface area contributed by atoms with Crippen LogP contribution in [0.15, 0.2) is 123 Å². The Balaban J connectivity index is 1.75. The summed E-state index contributed by atoms with van der Waals surface area (Å²) in [5.74, 6) is -1.25. The predicted molar refractivity (Wildman–Crippen MR) is 213 cm³/mol. The fourth-order valence-electron chi connectivity index (χ4n) is 4.53. The van der Waals surface area contributed by atoms with E-state index in [1.54, 1.807) is 0 Å². The third-order valence-corrected chi connectivity index (χ3v) is 12.9. The van der Waals surface area contributed by atoms with E-state index in [2.05, 4.69) is 58.9 Å². The Labute approximate surface area is 354 Å². The average Bonchev–Trinajstić information content (AvgIpc) is 3.20. The number of azo groups is 3. The quantitative estimate of drug-likeness (QED) is 0.00866. The van der Waals surface area contributed by atoms with Gasteiger partial charge < -0.3 is 11.1 Å². The van der Waals surface area contributed by atoms with Gasteiger partial charge in [-0.25, -0.2) is 31.5 Å². The molecule has 0 saturated carbocycles. The van der Waals surface area contributed by atoms with Gasteiger partial charge in [0.1, 0.15) is 27.6 Å². The van der Waals surface area contributed by atoms with Gasteiger partial charge in [0.2, 0.25) is 0 Å². The minimum Gasteiger partial charge on any atom is -0.395 e. The van der Waals surface area contributed by atoms with Crippen LogP contribution >= 0.6 is 24.4 Å². The van der Waals surface area contributed by atoms with Crippen molar-refractivity contribution in [3.8, 4) is 0 Å². The van der Waals surface area contributed by atoms with Crippen LogP contribution < -0.4 is 11.1 Å². The first kappa shape index (κ1) is 49.0. The van der Waals surface area contributed by atoms with Gasteiger partial charge in [-0.3, -0.25) is 13.3 Å². The number of rotatable bonds is 23. The second-order valence-corrected chi connectivity index (χ2v) is 19.1. The fraction of sp³-hybridized carbons (Fsp3) is 0.172. The lowest BCUT2D eigenvalue weighted by Crippen LogP contribution is -2.15. The fourth-order valence-corrected chi connectivity index (χ4v) is 8.43. The summed E-state index contributed by atoms with van der Waals surface area (Å²) in [7, 11) is -16.2. The van der Waals surface area contributed by atoms with Gasteiger partial charge in [-0.05, 0) is 72.8 Å². The van der Waals surface area contributed by atoms with E-state index in [0.717, 1.165) is 24.3 Å². The molecular formula is C29H30N8O18S6. The number of benzene rings is 4. The summed E-state index contributed by atoms with van der Waals surface area (Å²) in [6.07, 6.45) is 0. The summed E-state index contributed by atoms with van der Waals surface area (Å²) < 4.78 is 132. The number of nitrogen functional groups attached to an aromatic ring is 1. The van der Waals surface area contributed by atoms with Crippen LogP contribution in [0.5, 0.6) is 0 Å².